The minimum atomic E-state index is -4.70. The summed E-state index contributed by atoms with van der Waals surface area (Å²) in [5.41, 5.74) is 6.23. The average molecular weight is 340 g/mol. The van der Waals surface area contributed by atoms with Crippen LogP contribution in [-0.4, -0.2) is 21.7 Å². The number of rotatable bonds is 4. The Morgan fingerprint density at radius 2 is 2.04 bits per heavy atom. The third kappa shape index (κ3) is 4.06. The molecule has 0 atom stereocenters. The largest absolute Gasteiger partial charge is 0.435 e. The number of nitrogen functional groups attached to an aromatic ring is 1. The van der Waals surface area contributed by atoms with Gasteiger partial charge in [-0.2, -0.15) is 18.3 Å². The van der Waals surface area contributed by atoms with Crippen LogP contribution in [0.4, 0.5) is 18.9 Å². The summed E-state index contributed by atoms with van der Waals surface area (Å²) in [6, 6.07) is 4.90. The summed E-state index contributed by atoms with van der Waals surface area (Å²) in [4.78, 5) is 12.0. The molecule has 130 valence electrons. The van der Waals surface area contributed by atoms with Crippen LogP contribution in [0, 0.1) is 6.92 Å². The van der Waals surface area contributed by atoms with Crippen molar-refractivity contribution in [3.8, 4) is 0 Å². The van der Waals surface area contributed by atoms with Gasteiger partial charge in [0.25, 0.3) is 5.91 Å². The van der Waals surface area contributed by atoms with Crippen LogP contribution in [-0.2, 0) is 12.7 Å². The number of amides is 1. The summed E-state index contributed by atoms with van der Waals surface area (Å²) in [7, 11) is 0. The minimum Gasteiger partial charge on any atom is -0.399 e. The number of alkyl halides is 3. The molecule has 0 radical (unpaired) electrons. The molecule has 1 aromatic carbocycles. The Balaban J connectivity index is 2.36. The van der Waals surface area contributed by atoms with Crippen molar-refractivity contribution >= 4 is 11.6 Å². The second kappa shape index (κ2) is 6.54. The number of nitrogens with one attached hydrogen (secondary N) is 1. The van der Waals surface area contributed by atoms with Crippen LogP contribution in [0.15, 0.2) is 24.4 Å². The smallest absolute Gasteiger partial charge is 0.399 e. The van der Waals surface area contributed by atoms with Gasteiger partial charge in [0.1, 0.15) is 0 Å². The van der Waals surface area contributed by atoms with E-state index in [9.17, 15) is 18.0 Å². The fourth-order valence-electron chi connectivity index (χ4n) is 2.24. The van der Waals surface area contributed by atoms with E-state index in [-0.39, 0.29) is 12.6 Å². The highest BCUT2D eigenvalue weighted by Gasteiger charge is 2.39. The molecule has 8 heteroatoms. The Hall–Kier alpha value is -2.51. The normalized spacial score (nSPS) is 11.8. The third-order valence-corrected chi connectivity index (χ3v) is 3.37. The molecule has 0 spiro atoms. The zero-order valence-electron chi connectivity index (χ0n) is 13.6. The highest BCUT2D eigenvalue weighted by Crippen LogP contribution is 2.31. The summed E-state index contributed by atoms with van der Waals surface area (Å²) in [5, 5.41) is 6.01. The van der Waals surface area contributed by atoms with Gasteiger partial charge >= 0.3 is 6.18 Å². The predicted octanol–water partition coefficient (Wildman–Crippen LogP) is 2.98. The van der Waals surface area contributed by atoms with E-state index in [1.807, 2.05) is 6.92 Å². The van der Waals surface area contributed by atoms with E-state index >= 15 is 0 Å². The SMILES string of the molecule is Cc1cc(Cn2cc(C(=O)NC(C)C)c(C(F)(F)F)n2)ccc1N. The molecule has 0 aliphatic heterocycles. The second-order valence-electron chi connectivity index (χ2n) is 5.91. The fraction of sp³-hybridized carbons (Fsp3) is 0.375. The van der Waals surface area contributed by atoms with Gasteiger partial charge in [-0.05, 0) is 38.0 Å². The van der Waals surface area contributed by atoms with Gasteiger partial charge in [-0.25, -0.2) is 0 Å². The molecule has 2 rings (SSSR count). The number of benzene rings is 1. The number of nitrogens with zero attached hydrogens (tertiary/aromatic N) is 2. The van der Waals surface area contributed by atoms with Crippen LogP contribution in [0.2, 0.25) is 0 Å². The van der Waals surface area contributed by atoms with Crippen LogP contribution < -0.4 is 11.1 Å². The number of anilines is 1. The number of hydrogen-bond donors (Lipinski definition) is 2. The number of halogens is 3. The lowest BCUT2D eigenvalue weighted by Crippen LogP contribution is -2.31. The highest BCUT2D eigenvalue weighted by atomic mass is 19.4. The van der Waals surface area contributed by atoms with E-state index in [0.29, 0.717) is 5.69 Å². The number of aryl methyl sites for hydroxylation is 1. The molecule has 0 aliphatic carbocycles. The van der Waals surface area contributed by atoms with Crippen molar-refractivity contribution in [3.05, 3.63) is 46.8 Å². The summed E-state index contributed by atoms with van der Waals surface area (Å²) >= 11 is 0. The highest BCUT2D eigenvalue weighted by molar-refractivity contribution is 5.95. The van der Waals surface area contributed by atoms with Crippen LogP contribution in [0.25, 0.3) is 0 Å². The molecule has 3 N–H and O–H groups in total. The van der Waals surface area contributed by atoms with E-state index in [2.05, 4.69) is 10.4 Å². The molecule has 0 saturated carbocycles. The average Bonchev–Trinajstić information content (AvgIpc) is 2.86. The summed E-state index contributed by atoms with van der Waals surface area (Å²) < 4.78 is 40.5. The predicted molar refractivity (Wildman–Crippen MR) is 84.5 cm³/mol. The van der Waals surface area contributed by atoms with E-state index in [1.165, 1.54) is 0 Å². The molecule has 1 aromatic heterocycles. The summed E-state index contributed by atoms with van der Waals surface area (Å²) in [5.74, 6) is -0.794. The van der Waals surface area contributed by atoms with Gasteiger partial charge in [0.15, 0.2) is 5.69 Å². The topological polar surface area (TPSA) is 72.9 Å². The van der Waals surface area contributed by atoms with E-state index in [4.69, 9.17) is 5.73 Å². The fourth-order valence-corrected chi connectivity index (χ4v) is 2.24. The zero-order chi connectivity index (χ0) is 18.1. The van der Waals surface area contributed by atoms with Crippen LogP contribution >= 0.6 is 0 Å². The van der Waals surface area contributed by atoms with Gasteiger partial charge in [0.2, 0.25) is 0 Å². The Kier molecular flexibility index (Phi) is 4.86. The maximum absolute atomic E-state index is 13.1. The molecule has 24 heavy (non-hydrogen) atoms. The molecular formula is C16H19F3N4O. The molecule has 1 amide bonds. The third-order valence-electron chi connectivity index (χ3n) is 3.37. The van der Waals surface area contributed by atoms with Crippen molar-refractivity contribution in [2.75, 3.05) is 5.73 Å². The van der Waals surface area contributed by atoms with Crippen molar-refractivity contribution < 1.29 is 18.0 Å². The number of aromatic nitrogens is 2. The van der Waals surface area contributed by atoms with Crippen LogP contribution in [0.3, 0.4) is 0 Å². The van der Waals surface area contributed by atoms with Crippen molar-refractivity contribution in [2.24, 2.45) is 0 Å². The minimum absolute atomic E-state index is 0.110. The van der Waals surface area contributed by atoms with Crippen molar-refractivity contribution in [1.82, 2.24) is 15.1 Å². The lowest BCUT2D eigenvalue weighted by Gasteiger charge is -2.09. The zero-order valence-corrected chi connectivity index (χ0v) is 13.6. The Bertz CT molecular complexity index is 750. The number of hydrogen-bond acceptors (Lipinski definition) is 3. The first kappa shape index (κ1) is 17.8. The van der Waals surface area contributed by atoms with Gasteiger partial charge in [-0.3, -0.25) is 9.48 Å². The lowest BCUT2D eigenvalue weighted by molar-refractivity contribution is -0.141. The van der Waals surface area contributed by atoms with Gasteiger partial charge in [0, 0.05) is 17.9 Å². The molecule has 0 bridgehead atoms. The van der Waals surface area contributed by atoms with Gasteiger partial charge < -0.3 is 11.1 Å². The van der Waals surface area contributed by atoms with E-state index in [1.54, 1.807) is 32.0 Å². The van der Waals surface area contributed by atoms with Crippen molar-refractivity contribution in [3.63, 3.8) is 0 Å². The maximum Gasteiger partial charge on any atom is 0.435 e. The first-order valence-corrected chi connectivity index (χ1v) is 7.38. The first-order chi connectivity index (χ1) is 11.1. The summed E-state index contributed by atoms with van der Waals surface area (Å²) in [6.45, 7) is 5.27. The number of carbonyl (C=O) groups excluding carboxylic acids is 1. The molecular weight excluding hydrogens is 321 g/mol. The standard InChI is InChI=1S/C16H19F3N4O/c1-9(2)21-15(24)12-8-23(22-14(12)16(17,18)19)7-11-4-5-13(20)10(3)6-11/h4-6,8-9H,7,20H2,1-3H3,(H,21,24). The molecule has 5 nitrogen and oxygen atoms in total. The molecule has 0 aliphatic rings. The maximum atomic E-state index is 13.1. The van der Waals surface area contributed by atoms with Crippen LogP contribution in [0.1, 0.15) is 41.0 Å². The lowest BCUT2D eigenvalue weighted by atomic mass is 10.1. The summed E-state index contributed by atoms with van der Waals surface area (Å²) in [6.07, 6.45) is -3.59. The molecule has 0 unspecified atom stereocenters. The molecule has 2 aromatic rings. The molecule has 0 saturated heterocycles. The first-order valence-electron chi connectivity index (χ1n) is 7.38. The van der Waals surface area contributed by atoms with Crippen molar-refractivity contribution in [1.29, 1.82) is 0 Å². The molecule has 1 heterocycles. The second-order valence-corrected chi connectivity index (χ2v) is 5.91. The molecule has 0 fully saturated rings. The van der Waals surface area contributed by atoms with E-state index in [0.717, 1.165) is 22.0 Å². The van der Waals surface area contributed by atoms with Gasteiger partial charge in [0.05, 0.1) is 12.1 Å². The monoisotopic (exact) mass is 340 g/mol. The van der Waals surface area contributed by atoms with Crippen LogP contribution in [0.5, 0.6) is 0 Å². The Morgan fingerprint density at radius 1 is 1.38 bits per heavy atom. The Morgan fingerprint density at radius 3 is 2.58 bits per heavy atom. The van der Waals surface area contributed by atoms with E-state index < -0.39 is 23.3 Å². The van der Waals surface area contributed by atoms with Gasteiger partial charge in [-0.15, -0.1) is 0 Å². The number of carbonyl (C=O) groups is 1. The van der Waals surface area contributed by atoms with Gasteiger partial charge in [-0.1, -0.05) is 12.1 Å². The number of nitrogens with two attached hydrogens (primary N) is 1. The quantitative estimate of drug-likeness (QED) is 0.841. The Labute approximate surface area is 137 Å². The van der Waals surface area contributed by atoms with Crippen molar-refractivity contribution in [2.45, 2.75) is 39.5 Å².